The quantitative estimate of drug-likeness (QED) is 0.491. The van der Waals surface area contributed by atoms with Crippen molar-refractivity contribution in [2.24, 2.45) is 0 Å². The minimum Gasteiger partial charge on any atom is -0.225 e. The van der Waals surface area contributed by atoms with Crippen molar-refractivity contribution in [3.63, 3.8) is 0 Å². The summed E-state index contributed by atoms with van der Waals surface area (Å²) in [6, 6.07) is 0. The van der Waals surface area contributed by atoms with Crippen LogP contribution in [0.25, 0.3) is 0 Å². The number of nitrogens with zero attached hydrogens (tertiary/aromatic N) is 4. The smallest absolute Gasteiger partial charge is 0.223 e. The van der Waals surface area contributed by atoms with Crippen LogP contribution in [0.5, 0.6) is 0 Å². The molecule has 0 spiro atoms. The lowest BCUT2D eigenvalue weighted by Crippen LogP contribution is -1.86. The minimum absolute atomic E-state index is 0.168. The molecule has 2 aromatic rings. The van der Waals surface area contributed by atoms with Gasteiger partial charge in [0.25, 0.3) is 0 Å². The van der Waals surface area contributed by atoms with Crippen molar-refractivity contribution in [2.45, 2.75) is 13.7 Å². The molecule has 0 aliphatic rings. The van der Waals surface area contributed by atoms with Gasteiger partial charge in [-0.25, -0.2) is 9.97 Å². The molecular weight excluding hydrogens is 307 g/mol. The van der Waals surface area contributed by atoms with Crippen LogP contribution in [0.2, 0.25) is 10.3 Å². The molecule has 0 bridgehead atoms. The van der Waals surface area contributed by atoms with Crippen LogP contribution in [0, 0.1) is 0 Å². The molecule has 2 heterocycles. The van der Waals surface area contributed by atoms with Crippen LogP contribution < -0.4 is 0 Å². The Labute approximate surface area is 114 Å². The highest BCUT2D eigenvalue weighted by Crippen LogP contribution is 2.35. The summed E-state index contributed by atoms with van der Waals surface area (Å²) in [5.41, 5.74) is 0. The molecule has 0 amide bonds. The number of thioether (sulfide) groups is 1. The van der Waals surface area contributed by atoms with Crippen LogP contribution in [0.15, 0.2) is 19.9 Å². The molecule has 0 unspecified atom stereocenters. The Balaban J connectivity index is 2.22. The topological polar surface area (TPSA) is 51.6 Å². The summed E-state index contributed by atoms with van der Waals surface area (Å²) >= 11 is 16.0. The Kier molecular flexibility index (Phi) is 4.26. The molecule has 0 atom stereocenters. The van der Waals surface area contributed by atoms with E-state index in [0.29, 0.717) is 10.0 Å². The average molecular weight is 311 g/mol. The van der Waals surface area contributed by atoms with Crippen LogP contribution in [0.1, 0.15) is 0 Å². The van der Waals surface area contributed by atoms with Gasteiger partial charge in [-0.2, -0.15) is 0 Å². The normalized spacial score (nSPS) is 10.7. The van der Waals surface area contributed by atoms with E-state index in [9.17, 15) is 0 Å². The van der Waals surface area contributed by atoms with Gasteiger partial charge in [0.1, 0.15) is 5.03 Å². The summed E-state index contributed by atoms with van der Waals surface area (Å²) in [7, 11) is 0. The fourth-order valence-corrected chi connectivity index (χ4v) is 3.53. The van der Waals surface area contributed by atoms with E-state index in [4.69, 9.17) is 23.2 Å². The van der Waals surface area contributed by atoms with Crippen LogP contribution in [-0.4, -0.2) is 26.4 Å². The first-order chi connectivity index (χ1) is 7.69. The van der Waals surface area contributed by atoms with Crippen LogP contribution in [-0.2, 0) is 0 Å². The average Bonchev–Trinajstić information content (AvgIpc) is 2.71. The molecule has 0 fully saturated rings. The van der Waals surface area contributed by atoms with E-state index in [-0.39, 0.29) is 5.28 Å². The van der Waals surface area contributed by atoms with E-state index in [0.717, 1.165) is 8.68 Å². The molecular formula is C7H4Cl2N4S3. The van der Waals surface area contributed by atoms with E-state index in [1.807, 2.05) is 6.26 Å². The van der Waals surface area contributed by atoms with Gasteiger partial charge in [-0.15, -0.1) is 10.2 Å². The zero-order chi connectivity index (χ0) is 11.5. The van der Waals surface area contributed by atoms with Crippen molar-refractivity contribution >= 4 is 58.1 Å². The molecule has 2 aromatic heterocycles. The van der Waals surface area contributed by atoms with Gasteiger partial charge < -0.3 is 0 Å². The zero-order valence-electron chi connectivity index (χ0n) is 7.85. The van der Waals surface area contributed by atoms with Gasteiger partial charge in [0.2, 0.25) is 5.28 Å². The van der Waals surface area contributed by atoms with Crippen molar-refractivity contribution in [1.82, 2.24) is 20.2 Å². The third kappa shape index (κ3) is 2.98. The van der Waals surface area contributed by atoms with Gasteiger partial charge >= 0.3 is 0 Å². The highest BCUT2D eigenvalue weighted by molar-refractivity contribution is 8.03. The Bertz CT molecular complexity index is 504. The summed E-state index contributed by atoms with van der Waals surface area (Å²) in [6.45, 7) is 0. The van der Waals surface area contributed by atoms with Crippen molar-refractivity contribution in [3.8, 4) is 0 Å². The first-order valence-electron chi connectivity index (χ1n) is 3.92. The number of hydrogen-bond acceptors (Lipinski definition) is 7. The van der Waals surface area contributed by atoms with Gasteiger partial charge in [0.15, 0.2) is 8.68 Å². The SMILES string of the molecule is CSc1nnc(Sc2nc(Cl)ncc2Cl)s1. The lowest BCUT2D eigenvalue weighted by Gasteiger charge is -1.98. The predicted octanol–water partition coefficient (Wildman–Crippen LogP) is 3.51. The molecule has 0 saturated carbocycles. The van der Waals surface area contributed by atoms with E-state index >= 15 is 0 Å². The summed E-state index contributed by atoms with van der Waals surface area (Å²) in [5, 5.41) is 9.19. The van der Waals surface area contributed by atoms with Gasteiger partial charge in [-0.3, -0.25) is 0 Å². The first-order valence-corrected chi connectivity index (χ1v) is 7.54. The molecule has 0 radical (unpaired) electrons. The van der Waals surface area contributed by atoms with Crippen LogP contribution in [0.3, 0.4) is 0 Å². The highest BCUT2D eigenvalue weighted by atomic mass is 35.5. The van der Waals surface area contributed by atoms with Crippen molar-refractivity contribution in [3.05, 3.63) is 16.5 Å². The second-order valence-electron chi connectivity index (χ2n) is 2.43. The highest BCUT2D eigenvalue weighted by Gasteiger charge is 2.10. The van der Waals surface area contributed by atoms with Gasteiger partial charge in [0.05, 0.1) is 11.2 Å². The molecule has 4 nitrogen and oxygen atoms in total. The van der Waals surface area contributed by atoms with E-state index in [1.165, 1.54) is 29.3 Å². The number of halogens is 2. The van der Waals surface area contributed by atoms with Gasteiger partial charge in [-0.1, -0.05) is 34.7 Å². The second-order valence-corrected chi connectivity index (χ2v) is 6.44. The van der Waals surface area contributed by atoms with Gasteiger partial charge in [0, 0.05) is 0 Å². The maximum atomic E-state index is 5.93. The lowest BCUT2D eigenvalue weighted by atomic mass is 10.7. The van der Waals surface area contributed by atoms with E-state index < -0.39 is 0 Å². The Morgan fingerprint density at radius 2 is 2.00 bits per heavy atom. The van der Waals surface area contributed by atoms with E-state index in [2.05, 4.69) is 20.2 Å². The van der Waals surface area contributed by atoms with Crippen LogP contribution in [0.4, 0.5) is 0 Å². The molecule has 16 heavy (non-hydrogen) atoms. The minimum atomic E-state index is 0.168. The fourth-order valence-electron chi connectivity index (χ4n) is 0.806. The molecule has 0 aromatic carbocycles. The summed E-state index contributed by atoms with van der Waals surface area (Å²) < 4.78 is 1.68. The number of hydrogen-bond donors (Lipinski definition) is 0. The predicted molar refractivity (Wildman–Crippen MR) is 67.9 cm³/mol. The molecule has 0 aliphatic heterocycles. The Morgan fingerprint density at radius 3 is 2.69 bits per heavy atom. The molecule has 2 rings (SSSR count). The molecule has 0 saturated heterocycles. The maximum absolute atomic E-state index is 5.93. The summed E-state index contributed by atoms with van der Waals surface area (Å²) in [5.74, 6) is 0. The standard InChI is InChI=1S/C7H4Cl2N4S3/c1-14-6-12-13-7(16-6)15-4-3(8)2-10-5(9)11-4/h2H,1H3. The van der Waals surface area contributed by atoms with Crippen LogP contribution >= 0.6 is 58.1 Å². The van der Waals surface area contributed by atoms with E-state index in [1.54, 1.807) is 11.8 Å². The van der Waals surface area contributed by atoms with Crippen molar-refractivity contribution in [2.75, 3.05) is 6.26 Å². The van der Waals surface area contributed by atoms with Crippen molar-refractivity contribution < 1.29 is 0 Å². The second kappa shape index (κ2) is 5.50. The fraction of sp³-hybridized carbons (Fsp3) is 0.143. The van der Waals surface area contributed by atoms with Crippen molar-refractivity contribution in [1.29, 1.82) is 0 Å². The third-order valence-corrected chi connectivity index (χ3v) is 4.95. The number of aromatic nitrogens is 4. The molecule has 0 aliphatic carbocycles. The Morgan fingerprint density at radius 1 is 1.25 bits per heavy atom. The zero-order valence-corrected chi connectivity index (χ0v) is 11.8. The maximum Gasteiger partial charge on any atom is 0.223 e. The van der Waals surface area contributed by atoms with Gasteiger partial charge in [-0.05, 0) is 29.6 Å². The Hall–Kier alpha value is -0.0800. The summed E-state index contributed by atoms with van der Waals surface area (Å²) in [4.78, 5) is 7.80. The molecule has 0 N–H and O–H groups in total. The molecule has 84 valence electrons. The largest absolute Gasteiger partial charge is 0.225 e. The third-order valence-electron chi connectivity index (χ3n) is 1.43. The lowest BCUT2D eigenvalue weighted by molar-refractivity contribution is 0.952. The monoisotopic (exact) mass is 310 g/mol. The molecule has 9 heteroatoms. The first kappa shape index (κ1) is 12.4. The number of rotatable bonds is 3. The summed E-state index contributed by atoms with van der Waals surface area (Å²) in [6.07, 6.45) is 3.42.